The van der Waals surface area contributed by atoms with Gasteiger partial charge in [-0.05, 0) is 19.1 Å². The van der Waals surface area contributed by atoms with E-state index in [0.29, 0.717) is 27.6 Å². The van der Waals surface area contributed by atoms with Gasteiger partial charge in [-0.3, -0.25) is 9.20 Å². The number of para-hydroxylation sites is 1. The largest absolute Gasteiger partial charge is 0.288 e. The molecule has 4 aromatic rings. The number of hydrogen-bond acceptors (Lipinski definition) is 5. The van der Waals surface area contributed by atoms with Crippen LogP contribution in [0.3, 0.4) is 0 Å². The summed E-state index contributed by atoms with van der Waals surface area (Å²) in [6, 6.07) is 7.19. The Balaban J connectivity index is 1.88. The minimum Gasteiger partial charge on any atom is -0.288 e. The van der Waals surface area contributed by atoms with Crippen molar-refractivity contribution in [1.29, 1.82) is 0 Å². The monoisotopic (exact) mass is 343 g/mol. The quantitative estimate of drug-likeness (QED) is 0.526. The summed E-state index contributed by atoms with van der Waals surface area (Å²) in [6.45, 7) is 1.74. The molecule has 0 amide bonds. The third-order valence-electron chi connectivity index (χ3n) is 3.47. The first-order valence-electron chi connectivity index (χ1n) is 6.79. The summed E-state index contributed by atoms with van der Waals surface area (Å²) in [5, 5.41) is 7.04. The summed E-state index contributed by atoms with van der Waals surface area (Å²) in [6.07, 6.45) is 3.38. The van der Waals surface area contributed by atoms with Gasteiger partial charge in [0.25, 0.3) is 5.56 Å². The van der Waals surface area contributed by atoms with Crippen molar-refractivity contribution in [2.75, 3.05) is 0 Å². The predicted octanol–water partition coefficient (Wildman–Crippen LogP) is 2.95. The molecule has 0 bridgehead atoms. The van der Waals surface area contributed by atoms with Crippen LogP contribution in [0.4, 0.5) is 0 Å². The highest BCUT2D eigenvalue weighted by atomic mass is 35.5. The van der Waals surface area contributed by atoms with Crippen molar-refractivity contribution in [3.63, 3.8) is 0 Å². The molecule has 8 heteroatoms. The topological polar surface area (TPSA) is 64.5 Å². The molecule has 0 aliphatic rings. The Labute approximate surface area is 139 Å². The lowest BCUT2D eigenvalue weighted by molar-refractivity contribution is 0.770. The highest BCUT2D eigenvalue weighted by Crippen LogP contribution is 2.19. The molecular weight excluding hydrogens is 334 g/mol. The van der Waals surface area contributed by atoms with E-state index in [1.807, 2.05) is 22.0 Å². The number of nitrogens with zero attached hydrogens (tertiary/aromatic N) is 5. The Morgan fingerprint density at radius 2 is 2.13 bits per heavy atom. The lowest BCUT2D eigenvalue weighted by Crippen LogP contribution is -2.20. The molecule has 0 fully saturated rings. The molecule has 23 heavy (non-hydrogen) atoms. The fourth-order valence-electron chi connectivity index (χ4n) is 2.38. The number of imidazole rings is 1. The SMILES string of the molecule is Cc1nc2ccccc2c(=O)n1N=Cc1c(Cl)nc2sccn12. The summed E-state index contributed by atoms with van der Waals surface area (Å²) in [5.74, 6) is 0.507. The Kier molecular flexibility index (Phi) is 3.24. The van der Waals surface area contributed by atoms with Gasteiger partial charge in [0.1, 0.15) is 11.5 Å². The van der Waals surface area contributed by atoms with Gasteiger partial charge in [-0.15, -0.1) is 11.3 Å². The Bertz CT molecular complexity index is 1120. The minimum absolute atomic E-state index is 0.216. The van der Waals surface area contributed by atoms with Gasteiger partial charge in [-0.2, -0.15) is 9.78 Å². The maximum atomic E-state index is 12.6. The highest BCUT2D eigenvalue weighted by molar-refractivity contribution is 7.15. The molecule has 0 aliphatic heterocycles. The van der Waals surface area contributed by atoms with Crippen molar-refractivity contribution in [2.45, 2.75) is 6.92 Å². The molecule has 0 saturated heterocycles. The summed E-state index contributed by atoms with van der Waals surface area (Å²) >= 11 is 7.61. The van der Waals surface area contributed by atoms with E-state index < -0.39 is 0 Å². The molecule has 0 N–H and O–H groups in total. The number of benzene rings is 1. The van der Waals surface area contributed by atoms with E-state index >= 15 is 0 Å². The molecule has 0 spiro atoms. The minimum atomic E-state index is -0.216. The fourth-order valence-corrected chi connectivity index (χ4v) is 3.37. The predicted molar refractivity (Wildman–Crippen MR) is 91.8 cm³/mol. The Hall–Kier alpha value is -2.51. The molecule has 114 valence electrons. The fraction of sp³-hybridized carbons (Fsp3) is 0.0667. The highest BCUT2D eigenvalue weighted by Gasteiger charge is 2.10. The van der Waals surface area contributed by atoms with Crippen molar-refractivity contribution < 1.29 is 0 Å². The maximum Gasteiger partial charge on any atom is 0.282 e. The second-order valence-electron chi connectivity index (χ2n) is 4.88. The number of aromatic nitrogens is 4. The van der Waals surface area contributed by atoms with Crippen molar-refractivity contribution in [3.05, 3.63) is 62.9 Å². The Morgan fingerprint density at radius 3 is 3.00 bits per heavy atom. The van der Waals surface area contributed by atoms with Gasteiger partial charge >= 0.3 is 0 Å². The smallest absolute Gasteiger partial charge is 0.282 e. The zero-order valence-electron chi connectivity index (χ0n) is 12.0. The van der Waals surface area contributed by atoms with Crippen LogP contribution in [0.2, 0.25) is 5.15 Å². The van der Waals surface area contributed by atoms with Crippen molar-refractivity contribution in [3.8, 4) is 0 Å². The van der Waals surface area contributed by atoms with Crippen LogP contribution < -0.4 is 5.56 Å². The van der Waals surface area contributed by atoms with E-state index in [4.69, 9.17) is 11.6 Å². The first-order valence-corrected chi connectivity index (χ1v) is 8.05. The Morgan fingerprint density at radius 1 is 1.30 bits per heavy atom. The normalized spacial score (nSPS) is 11.9. The molecule has 1 aromatic carbocycles. The zero-order chi connectivity index (χ0) is 16.0. The van der Waals surface area contributed by atoms with Gasteiger partial charge in [0.2, 0.25) is 0 Å². The molecule has 6 nitrogen and oxygen atoms in total. The molecule has 0 aliphatic carbocycles. The van der Waals surface area contributed by atoms with E-state index in [1.165, 1.54) is 22.2 Å². The number of thiazole rings is 1. The third-order valence-corrected chi connectivity index (χ3v) is 4.50. The number of fused-ring (bicyclic) bond motifs is 2. The molecule has 3 aromatic heterocycles. The summed E-state index contributed by atoms with van der Waals surface area (Å²) < 4.78 is 3.09. The maximum absolute atomic E-state index is 12.6. The molecule has 0 atom stereocenters. The third kappa shape index (κ3) is 2.25. The van der Waals surface area contributed by atoms with Crippen LogP contribution in [-0.4, -0.2) is 25.3 Å². The first-order chi connectivity index (χ1) is 11.1. The van der Waals surface area contributed by atoms with Crippen LogP contribution in [0.5, 0.6) is 0 Å². The number of aryl methyl sites for hydroxylation is 1. The first kappa shape index (κ1) is 14.1. The van der Waals surface area contributed by atoms with Crippen molar-refractivity contribution in [1.82, 2.24) is 19.0 Å². The van der Waals surface area contributed by atoms with Crippen LogP contribution >= 0.6 is 22.9 Å². The van der Waals surface area contributed by atoms with Gasteiger partial charge in [0, 0.05) is 11.6 Å². The van der Waals surface area contributed by atoms with E-state index in [9.17, 15) is 4.79 Å². The van der Waals surface area contributed by atoms with Crippen LogP contribution in [0.25, 0.3) is 15.9 Å². The second kappa shape index (κ2) is 5.29. The van der Waals surface area contributed by atoms with Crippen molar-refractivity contribution >= 4 is 45.0 Å². The van der Waals surface area contributed by atoms with E-state index in [0.717, 1.165) is 4.96 Å². The summed E-state index contributed by atoms with van der Waals surface area (Å²) in [4.78, 5) is 22.0. The molecule has 4 rings (SSSR count). The molecule has 0 saturated carbocycles. The van der Waals surface area contributed by atoms with Gasteiger partial charge in [-0.25, -0.2) is 9.97 Å². The van der Waals surface area contributed by atoms with Crippen LogP contribution in [0.1, 0.15) is 11.5 Å². The lowest BCUT2D eigenvalue weighted by atomic mass is 10.2. The lowest BCUT2D eigenvalue weighted by Gasteiger charge is -2.04. The van der Waals surface area contributed by atoms with E-state index in [-0.39, 0.29) is 5.56 Å². The van der Waals surface area contributed by atoms with Gasteiger partial charge in [-0.1, -0.05) is 23.7 Å². The average Bonchev–Trinajstić information content (AvgIpc) is 3.09. The second-order valence-corrected chi connectivity index (χ2v) is 6.11. The van der Waals surface area contributed by atoms with Crippen LogP contribution in [-0.2, 0) is 0 Å². The standard InChI is InChI=1S/C15H10ClN5OS/c1-9-18-11-5-3-2-4-10(11)14(22)21(9)17-8-12-13(16)19-15-20(12)6-7-23-15/h2-8H,1H3. The van der Waals surface area contributed by atoms with Crippen LogP contribution in [0.15, 0.2) is 45.7 Å². The average molecular weight is 344 g/mol. The van der Waals surface area contributed by atoms with Gasteiger partial charge in [0.05, 0.1) is 17.1 Å². The molecular formula is C15H10ClN5OS. The van der Waals surface area contributed by atoms with Crippen molar-refractivity contribution in [2.24, 2.45) is 5.10 Å². The molecule has 0 unspecified atom stereocenters. The number of hydrogen-bond donors (Lipinski definition) is 0. The van der Waals surface area contributed by atoms with E-state index in [2.05, 4.69) is 15.1 Å². The van der Waals surface area contributed by atoms with E-state index in [1.54, 1.807) is 25.1 Å². The molecule has 0 radical (unpaired) electrons. The summed E-state index contributed by atoms with van der Waals surface area (Å²) in [7, 11) is 0. The van der Waals surface area contributed by atoms with Crippen LogP contribution in [0, 0.1) is 6.92 Å². The van der Waals surface area contributed by atoms with Gasteiger partial charge in [0.15, 0.2) is 10.1 Å². The number of halogens is 1. The molecule has 3 heterocycles. The number of rotatable bonds is 2. The zero-order valence-corrected chi connectivity index (χ0v) is 13.5. The van der Waals surface area contributed by atoms with Gasteiger partial charge < -0.3 is 0 Å². The summed E-state index contributed by atoms with van der Waals surface area (Å²) in [5.41, 5.74) is 1.07.